The molecule has 0 radical (unpaired) electrons. The fourth-order valence-corrected chi connectivity index (χ4v) is 3.02. The van der Waals surface area contributed by atoms with E-state index in [4.69, 9.17) is 10.2 Å². The van der Waals surface area contributed by atoms with E-state index in [-0.39, 0.29) is 0 Å². The molecule has 2 N–H and O–H groups in total. The Hall–Kier alpha value is -2.15. The van der Waals surface area contributed by atoms with Gasteiger partial charge >= 0.3 is 0 Å². The second-order valence-electron chi connectivity index (χ2n) is 4.75. The van der Waals surface area contributed by atoms with Gasteiger partial charge < -0.3 is 10.2 Å². The molecule has 5 heteroatoms. The van der Waals surface area contributed by atoms with Gasteiger partial charge in [0.15, 0.2) is 11.4 Å². The van der Waals surface area contributed by atoms with Crippen LogP contribution in [0, 0.1) is 3.57 Å². The van der Waals surface area contributed by atoms with Crippen LogP contribution in [-0.4, -0.2) is 9.97 Å². The molecule has 3 aromatic heterocycles. The average molecular weight is 387 g/mol. The van der Waals surface area contributed by atoms with Crippen molar-refractivity contribution < 1.29 is 4.42 Å². The highest BCUT2D eigenvalue weighted by Gasteiger charge is 2.13. The van der Waals surface area contributed by atoms with Gasteiger partial charge in [-0.1, -0.05) is 18.2 Å². The van der Waals surface area contributed by atoms with Gasteiger partial charge in [-0.2, -0.15) is 0 Å². The molecule has 3 heterocycles. The van der Waals surface area contributed by atoms with Gasteiger partial charge in [-0.15, -0.1) is 0 Å². The highest BCUT2D eigenvalue weighted by molar-refractivity contribution is 14.1. The lowest BCUT2D eigenvalue weighted by Gasteiger charge is -2.02. The van der Waals surface area contributed by atoms with Gasteiger partial charge in [-0.05, 0) is 40.1 Å². The van der Waals surface area contributed by atoms with Crippen LogP contribution in [0.4, 0.5) is 5.82 Å². The Bertz CT molecular complexity index is 934. The van der Waals surface area contributed by atoms with Crippen LogP contribution < -0.4 is 5.73 Å². The quantitative estimate of drug-likeness (QED) is 0.497. The van der Waals surface area contributed by atoms with Crippen molar-refractivity contribution in [3.8, 4) is 11.3 Å². The summed E-state index contributed by atoms with van der Waals surface area (Å²) >= 11 is 2.24. The van der Waals surface area contributed by atoms with Crippen LogP contribution in [0.3, 0.4) is 0 Å². The van der Waals surface area contributed by atoms with E-state index in [1.54, 1.807) is 12.4 Å². The lowest BCUT2D eigenvalue weighted by molar-refractivity contribution is 0.632. The van der Waals surface area contributed by atoms with Gasteiger partial charge in [0.25, 0.3) is 0 Å². The topological polar surface area (TPSA) is 64.9 Å². The maximum absolute atomic E-state index is 5.96. The highest BCUT2D eigenvalue weighted by Crippen LogP contribution is 2.35. The minimum Gasteiger partial charge on any atom is -0.452 e. The minimum atomic E-state index is 0.415. The fourth-order valence-electron chi connectivity index (χ4n) is 2.48. The van der Waals surface area contributed by atoms with E-state index in [9.17, 15) is 0 Å². The van der Waals surface area contributed by atoms with Crippen LogP contribution in [-0.2, 0) is 0 Å². The zero-order valence-electron chi connectivity index (χ0n) is 10.9. The number of pyridine rings is 2. The third-order valence-electron chi connectivity index (χ3n) is 3.49. The summed E-state index contributed by atoms with van der Waals surface area (Å²) in [5, 5.41) is 3.17. The summed E-state index contributed by atoms with van der Waals surface area (Å²) in [6.07, 6.45) is 5.39. The van der Waals surface area contributed by atoms with Crippen molar-refractivity contribution in [2.24, 2.45) is 0 Å². The molecule has 0 aliphatic rings. The second kappa shape index (κ2) is 4.70. The first kappa shape index (κ1) is 12.6. The van der Waals surface area contributed by atoms with Crippen LogP contribution in [0.25, 0.3) is 33.1 Å². The number of fused-ring (bicyclic) bond motifs is 2. The first-order valence-electron chi connectivity index (χ1n) is 6.40. The minimum absolute atomic E-state index is 0.415. The molecule has 102 valence electrons. The second-order valence-corrected chi connectivity index (χ2v) is 5.91. The maximum atomic E-state index is 5.96. The van der Waals surface area contributed by atoms with Crippen LogP contribution in [0.15, 0.2) is 53.3 Å². The molecule has 4 rings (SSSR count). The predicted molar refractivity (Wildman–Crippen MR) is 91.9 cm³/mol. The SMILES string of the molecule is Nc1ncc(I)c2cc(-c3cccc4cnccc34)oc12. The van der Waals surface area contributed by atoms with Gasteiger partial charge in [0.05, 0.1) is 0 Å². The smallest absolute Gasteiger partial charge is 0.177 e. The number of aromatic nitrogens is 2. The summed E-state index contributed by atoms with van der Waals surface area (Å²) in [6, 6.07) is 10.1. The van der Waals surface area contributed by atoms with E-state index in [2.05, 4.69) is 32.6 Å². The van der Waals surface area contributed by atoms with Crippen LogP contribution in [0.1, 0.15) is 0 Å². The summed E-state index contributed by atoms with van der Waals surface area (Å²) in [6.45, 7) is 0. The van der Waals surface area contributed by atoms with Gasteiger partial charge in [-0.3, -0.25) is 4.98 Å². The lowest BCUT2D eigenvalue weighted by Crippen LogP contribution is -1.90. The lowest BCUT2D eigenvalue weighted by atomic mass is 10.0. The van der Waals surface area contributed by atoms with E-state index >= 15 is 0 Å². The van der Waals surface area contributed by atoms with Crippen molar-refractivity contribution >= 4 is 50.2 Å². The van der Waals surface area contributed by atoms with Crippen LogP contribution in [0.5, 0.6) is 0 Å². The molecule has 0 amide bonds. The van der Waals surface area contributed by atoms with Crippen molar-refractivity contribution in [1.82, 2.24) is 9.97 Å². The monoisotopic (exact) mass is 387 g/mol. The molecule has 0 aliphatic carbocycles. The number of benzene rings is 1. The van der Waals surface area contributed by atoms with Crippen molar-refractivity contribution in [2.45, 2.75) is 0 Å². The normalized spacial score (nSPS) is 11.3. The molecule has 0 spiro atoms. The van der Waals surface area contributed by atoms with Crippen molar-refractivity contribution in [3.63, 3.8) is 0 Å². The zero-order valence-corrected chi connectivity index (χ0v) is 13.0. The number of nitrogens with two attached hydrogens (primary N) is 1. The van der Waals surface area contributed by atoms with E-state index < -0.39 is 0 Å². The van der Waals surface area contributed by atoms with Gasteiger partial charge in [0.2, 0.25) is 0 Å². The summed E-state index contributed by atoms with van der Waals surface area (Å²) in [7, 11) is 0. The van der Waals surface area contributed by atoms with Crippen molar-refractivity contribution in [3.05, 3.63) is 52.5 Å². The maximum Gasteiger partial charge on any atom is 0.177 e. The first-order valence-corrected chi connectivity index (χ1v) is 7.48. The highest BCUT2D eigenvalue weighted by atomic mass is 127. The Kier molecular flexibility index (Phi) is 2.81. The number of anilines is 1. The molecule has 0 bridgehead atoms. The Morgan fingerprint density at radius 3 is 2.86 bits per heavy atom. The molecule has 0 unspecified atom stereocenters. The number of hydrogen-bond donors (Lipinski definition) is 1. The molecule has 0 saturated heterocycles. The molecule has 21 heavy (non-hydrogen) atoms. The van der Waals surface area contributed by atoms with E-state index in [1.807, 2.05) is 36.5 Å². The first-order chi connectivity index (χ1) is 10.2. The largest absolute Gasteiger partial charge is 0.452 e. The third kappa shape index (κ3) is 1.96. The third-order valence-corrected chi connectivity index (χ3v) is 4.34. The molecular weight excluding hydrogens is 377 g/mol. The Balaban J connectivity index is 2.05. The Morgan fingerprint density at radius 1 is 1.10 bits per heavy atom. The predicted octanol–water partition coefficient (Wildman–Crippen LogP) is 4.23. The molecule has 0 saturated carbocycles. The van der Waals surface area contributed by atoms with Crippen LogP contribution in [0.2, 0.25) is 0 Å². The molecule has 4 nitrogen and oxygen atoms in total. The fraction of sp³-hybridized carbons (Fsp3) is 0. The van der Waals surface area contributed by atoms with Crippen LogP contribution >= 0.6 is 22.6 Å². The summed E-state index contributed by atoms with van der Waals surface area (Å²) in [5.74, 6) is 1.21. The molecule has 0 atom stereocenters. The van der Waals surface area contributed by atoms with Crippen molar-refractivity contribution in [2.75, 3.05) is 5.73 Å². The van der Waals surface area contributed by atoms with Gasteiger partial charge in [0, 0.05) is 38.5 Å². The van der Waals surface area contributed by atoms with E-state index in [0.29, 0.717) is 11.4 Å². The average Bonchev–Trinajstić information content (AvgIpc) is 2.97. The van der Waals surface area contributed by atoms with E-state index in [1.165, 1.54) is 0 Å². The number of hydrogen-bond acceptors (Lipinski definition) is 4. The van der Waals surface area contributed by atoms with E-state index in [0.717, 1.165) is 31.1 Å². The number of halogens is 1. The number of nitrogen functional groups attached to an aromatic ring is 1. The van der Waals surface area contributed by atoms with Crippen molar-refractivity contribution in [1.29, 1.82) is 0 Å². The standard InChI is InChI=1S/C16H10IN3O/c17-13-8-20-16(18)15-12(13)6-14(21-15)11-3-1-2-9-7-19-5-4-10(9)11/h1-8H,(H2,18,20). The Morgan fingerprint density at radius 2 is 2.00 bits per heavy atom. The molecule has 0 fully saturated rings. The van der Waals surface area contributed by atoms with Gasteiger partial charge in [0.1, 0.15) is 5.76 Å². The van der Waals surface area contributed by atoms with Gasteiger partial charge in [-0.25, -0.2) is 4.98 Å². The molecular formula is C16H10IN3O. The number of rotatable bonds is 1. The summed E-state index contributed by atoms with van der Waals surface area (Å²) in [4.78, 5) is 8.30. The Labute approximate surface area is 134 Å². The molecule has 4 aromatic rings. The summed E-state index contributed by atoms with van der Waals surface area (Å²) < 4.78 is 6.98. The number of furan rings is 1. The molecule has 1 aromatic carbocycles. The zero-order chi connectivity index (χ0) is 14.4. The molecule has 0 aliphatic heterocycles. The summed E-state index contributed by atoms with van der Waals surface area (Å²) in [5.41, 5.74) is 7.58. The number of nitrogens with zero attached hydrogens (tertiary/aromatic N) is 2.